The minimum atomic E-state index is -0.743. The molecule has 134 valence electrons. The number of hydrogen-bond donors (Lipinski definition) is 1. The van der Waals surface area contributed by atoms with Gasteiger partial charge in [-0.1, -0.05) is 32.4 Å². The number of carbonyl (C=O) groups is 2. The van der Waals surface area contributed by atoms with Gasteiger partial charge in [0.2, 0.25) is 0 Å². The van der Waals surface area contributed by atoms with Crippen LogP contribution in [0.25, 0.3) is 0 Å². The fourth-order valence-corrected chi connectivity index (χ4v) is 2.22. The maximum Gasteiger partial charge on any atom is 0.408 e. The van der Waals surface area contributed by atoms with Crippen LogP contribution in [0.1, 0.15) is 59.1 Å². The van der Waals surface area contributed by atoms with E-state index in [4.69, 9.17) is 9.47 Å². The summed E-state index contributed by atoms with van der Waals surface area (Å²) >= 11 is 0. The molecule has 2 atom stereocenters. The molecule has 0 saturated carbocycles. The van der Waals surface area contributed by atoms with Crippen molar-refractivity contribution in [1.29, 1.82) is 0 Å². The highest BCUT2D eigenvalue weighted by molar-refractivity contribution is 5.74. The largest absolute Gasteiger partial charge is 0.493 e. The number of aldehydes is 1. The summed E-state index contributed by atoms with van der Waals surface area (Å²) in [4.78, 5) is 23.1. The van der Waals surface area contributed by atoms with E-state index in [0.717, 1.165) is 18.6 Å². The zero-order valence-electron chi connectivity index (χ0n) is 15.3. The van der Waals surface area contributed by atoms with Crippen LogP contribution in [0.15, 0.2) is 24.3 Å². The smallest absolute Gasteiger partial charge is 0.408 e. The molecular formula is C19H29NO4. The second-order valence-corrected chi connectivity index (χ2v) is 7.03. The van der Waals surface area contributed by atoms with E-state index in [0.29, 0.717) is 24.4 Å². The maximum atomic E-state index is 11.8. The molecule has 0 aliphatic heterocycles. The van der Waals surface area contributed by atoms with Gasteiger partial charge in [-0.05, 0) is 50.8 Å². The van der Waals surface area contributed by atoms with Gasteiger partial charge >= 0.3 is 6.09 Å². The van der Waals surface area contributed by atoms with Crippen LogP contribution in [0.2, 0.25) is 0 Å². The van der Waals surface area contributed by atoms with Gasteiger partial charge in [-0.3, -0.25) is 0 Å². The minimum Gasteiger partial charge on any atom is -0.493 e. The fourth-order valence-electron chi connectivity index (χ4n) is 2.22. The van der Waals surface area contributed by atoms with E-state index in [-0.39, 0.29) is 0 Å². The van der Waals surface area contributed by atoms with Crippen LogP contribution in [0.3, 0.4) is 0 Å². The van der Waals surface area contributed by atoms with Gasteiger partial charge in [0.1, 0.15) is 23.7 Å². The molecule has 0 radical (unpaired) electrons. The molecule has 1 aromatic carbocycles. The minimum absolute atomic E-state index is 0.506. The van der Waals surface area contributed by atoms with E-state index >= 15 is 0 Å². The molecule has 0 aliphatic rings. The van der Waals surface area contributed by atoms with Crippen LogP contribution in [0.5, 0.6) is 5.75 Å². The highest BCUT2D eigenvalue weighted by Gasteiger charge is 2.20. The molecule has 1 unspecified atom stereocenters. The highest BCUT2D eigenvalue weighted by atomic mass is 16.6. The SMILES string of the molecule is CCCC(C)COc1ccc([C@H](C=O)NC(=O)OC(C)(C)C)cc1. The Hall–Kier alpha value is -2.04. The van der Waals surface area contributed by atoms with Gasteiger partial charge < -0.3 is 19.6 Å². The lowest BCUT2D eigenvalue weighted by Crippen LogP contribution is -2.35. The first kappa shape index (κ1) is 20.0. The Bertz CT molecular complexity index is 519. The number of ether oxygens (including phenoxy) is 2. The second-order valence-electron chi connectivity index (χ2n) is 7.03. The first-order valence-corrected chi connectivity index (χ1v) is 8.42. The molecule has 0 aliphatic carbocycles. The molecule has 5 heteroatoms. The van der Waals surface area contributed by atoms with Gasteiger partial charge in [-0.2, -0.15) is 0 Å². The standard InChI is InChI=1S/C19H29NO4/c1-6-7-14(2)13-23-16-10-8-15(9-11-16)17(12-21)20-18(22)24-19(3,4)5/h8-12,14,17H,6-7,13H2,1-5H3,(H,20,22)/t14?,17-/m0/s1. The quantitative estimate of drug-likeness (QED) is 0.721. The Labute approximate surface area is 144 Å². The van der Waals surface area contributed by atoms with Crippen molar-refractivity contribution in [3.8, 4) is 5.75 Å². The Balaban J connectivity index is 2.61. The third kappa shape index (κ3) is 7.49. The predicted molar refractivity (Wildman–Crippen MR) is 94.2 cm³/mol. The molecule has 0 saturated heterocycles. The Morgan fingerprint density at radius 3 is 2.38 bits per heavy atom. The summed E-state index contributed by atoms with van der Waals surface area (Å²) in [6.45, 7) is 10.3. The lowest BCUT2D eigenvalue weighted by atomic mass is 10.1. The van der Waals surface area contributed by atoms with E-state index in [1.807, 2.05) is 0 Å². The lowest BCUT2D eigenvalue weighted by Gasteiger charge is -2.21. The van der Waals surface area contributed by atoms with Crippen LogP contribution in [0, 0.1) is 5.92 Å². The molecule has 24 heavy (non-hydrogen) atoms. The first-order valence-electron chi connectivity index (χ1n) is 8.42. The topological polar surface area (TPSA) is 64.6 Å². The number of alkyl carbamates (subject to hydrolysis) is 1. The van der Waals surface area contributed by atoms with E-state index in [2.05, 4.69) is 19.2 Å². The summed E-state index contributed by atoms with van der Waals surface area (Å²) in [5, 5.41) is 2.56. The van der Waals surface area contributed by atoms with E-state index < -0.39 is 17.7 Å². The zero-order chi connectivity index (χ0) is 18.2. The molecule has 0 heterocycles. The van der Waals surface area contributed by atoms with E-state index in [1.165, 1.54) is 0 Å². The average Bonchev–Trinajstić information content (AvgIpc) is 2.50. The summed E-state index contributed by atoms with van der Waals surface area (Å²) < 4.78 is 10.9. The molecule has 1 aromatic rings. The van der Waals surface area contributed by atoms with Crippen LogP contribution in [-0.4, -0.2) is 24.6 Å². The monoisotopic (exact) mass is 335 g/mol. The number of hydrogen-bond acceptors (Lipinski definition) is 4. The fraction of sp³-hybridized carbons (Fsp3) is 0.579. The normalized spacial score (nSPS) is 13.7. The van der Waals surface area contributed by atoms with Crippen LogP contribution in [0.4, 0.5) is 4.79 Å². The van der Waals surface area contributed by atoms with Crippen molar-refractivity contribution in [3.63, 3.8) is 0 Å². The van der Waals surface area contributed by atoms with Gasteiger partial charge in [-0.15, -0.1) is 0 Å². The number of benzene rings is 1. The molecule has 1 N–H and O–H groups in total. The van der Waals surface area contributed by atoms with E-state index in [1.54, 1.807) is 45.0 Å². The molecule has 5 nitrogen and oxygen atoms in total. The lowest BCUT2D eigenvalue weighted by molar-refractivity contribution is -0.109. The molecule has 1 amide bonds. The second kappa shape index (κ2) is 9.30. The molecule has 0 aromatic heterocycles. The maximum absolute atomic E-state index is 11.8. The van der Waals surface area contributed by atoms with Gasteiger partial charge in [0.05, 0.1) is 6.61 Å². The summed E-state index contributed by atoms with van der Waals surface area (Å²) in [5.74, 6) is 1.26. The molecule has 0 spiro atoms. The number of amides is 1. The van der Waals surface area contributed by atoms with E-state index in [9.17, 15) is 9.59 Å². The average molecular weight is 335 g/mol. The Morgan fingerprint density at radius 1 is 1.25 bits per heavy atom. The number of rotatable bonds is 8. The summed E-state index contributed by atoms with van der Waals surface area (Å²) in [7, 11) is 0. The zero-order valence-corrected chi connectivity index (χ0v) is 15.3. The Morgan fingerprint density at radius 2 is 1.88 bits per heavy atom. The predicted octanol–water partition coefficient (Wildman–Crippen LogP) is 4.27. The van der Waals surface area contributed by atoms with Crippen LogP contribution < -0.4 is 10.1 Å². The molecule has 0 bridgehead atoms. The van der Waals surface area contributed by atoms with Gasteiger partial charge in [0.25, 0.3) is 0 Å². The van der Waals surface area contributed by atoms with Crippen LogP contribution >= 0.6 is 0 Å². The summed E-state index contributed by atoms with van der Waals surface area (Å²) in [6.07, 6.45) is 2.34. The van der Waals surface area contributed by atoms with Crippen molar-refractivity contribution in [3.05, 3.63) is 29.8 Å². The van der Waals surface area contributed by atoms with Crippen molar-refractivity contribution < 1.29 is 19.1 Å². The Kier molecular flexibility index (Phi) is 7.75. The van der Waals surface area contributed by atoms with Gasteiger partial charge in [0, 0.05) is 0 Å². The van der Waals surface area contributed by atoms with Crippen molar-refractivity contribution in [1.82, 2.24) is 5.32 Å². The molecule has 0 fully saturated rings. The third-order valence-electron chi connectivity index (χ3n) is 3.36. The van der Waals surface area contributed by atoms with Crippen LogP contribution in [-0.2, 0) is 9.53 Å². The first-order chi connectivity index (χ1) is 11.2. The van der Waals surface area contributed by atoms with Crippen molar-refractivity contribution in [2.45, 2.75) is 59.1 Å². The third-order valence-corrected chi connectivity index (χ3v) is 3.36. The summed E-state index contributed by atoms with van der Waals surface area (Å²) in [5.41, 5.74) is 0.0783. The van der Waals surface area contributed by atoms with Gasteiger partial charge in [-0.25, -0.2) is 4.79 Å². The number of carbonyl (C=O) groups excluding carboxylic acids is 2. The van der Waals surface area contributed by atoms with Gasteiger partial charge in [0.15, 0.2) is 0 Å². The number of nitrogens with one attached hydrogen (secondary N) is 1. The summed E-state index contributed by atoms with van der Waals surface area (Å²) in [6, 6.07) is 6.42. The van der Waals surface area contributed by atoms with Crippen molar-refractivity contribution in [2.75, 3.05) is 6.61 Å². The highest BCUT2D eigenvalue weighted by Crippen LogP contribution is 2.19. The van der Waals surface area contributed by atoms with Crippen molar-refractivity contribution in [2.24, 2.45) is 5.92 Å². The molecular weight excluding hydrogens is 306 g/mol. The molecule has 1 rings (SSSR count). The van der Waals surface area contributed by atoms with Crippen molar-refractivity contribution >= 4 is 12.4 Å².